The fourth-order valence-electron chi connectivity index (χ4n) is 3.26. The van der Waals surface area contributed by atoms with Gasteiger partial charge in [0.05, 0.1) is 16.6 Å². The van der Waals surface area contributed by atoms with Crippen molar-refractivity contribution in [2.45, 2.75) is 29.7 Å². The Balaban J connectivity index is 1.76. The van der Waals surface area contributed by atoms with Crippen LogP contribution in [0.3, 0.4) is 0 Å². The number of amides is 1. The van der Waals surface area contributed by atoms with Crippen LogP contribution >= 0.6 is 11.8 Å². The van der Waals surface area contributed by atoms with Gasteiger partial charge in [0.25, 0.3) is 15.9 Å². The van der Waals surface area contributed by atoms with Gasteiger partial charge in [-0.25, -0.2) is 12.8 Å². The zero-order chi connectivity index (χ0) is 23.3. The second kappa shape index (κ2) is 10.2. The van der Waals surface area contributed by atoms with Crippen molar-refractivity contribution in [2.24, 2.45) is 0 Å². The molecule has 0 heterocycles. The van der Waals surface area contributed by atoms with E-state index in [0.717, 1.165) is 10.5 Å². The molecule has 0 bridgehead atoms. The van der Waals surface area contributed by atoms with Crippen LogP contribution in [0.2, 0.25) is 0 Å². The van der Waals surface area contributed by atoms with Crippen LogP contribution in [0.25, 0.3) is 0 Å². The van der Waals surface area contributed by atoms with Gasteiger partial charge >= 0.3 is 0 Å². The number of thioether (sulfide) groups is 1. The number of carbonyl (C=O) groups is 1. The molecule has 0 aromatic heterocycles. The summed E-state index contributed by atoms with van der Waals surface area (Å²) in [4.78, 5) is 13.8. The average Bonchev–Trinajstić information content (AvgIpc) is 2.80. The maximum atomic E-state index is 13.1. The minimum absolute atomic E-state index is 0.215. The highest BCUT2D eigenvalue weighted by Crippen LogP contribution is 2.26. The minimum Gasteiger partial charge on any atom is -0.346 e. The van der Waals surface area contributed by atoms with Crippen LogP contribution in [-0.4, -0.2) is 27.1 Å². The molecule has 0 aliphatic carbocycles. The molecule has 3 rings (SSSR count). The summed E-state index contributed by atoms with van der Waals surface area (Å²) < 4.78 is 40.7. The van der Waals surface area contributed by atoms with Gasteiger partial charge in [-0.1, -0.05) is 12.1 Å². The Morgan fingerprint density at radius 3 is 2.12 bits per heavy atom. The van der Waals surface area contributed by atoms with Crippen LogP contribution < -0.4 is 9.62 Å². The molecule has 0 saturated heterocycles. The molecule has 1 N–H and O–H groups in total. The van der Waals surface area contributed by atoms with Crippen molar-refractivity contribution in [1.82, 2.24) is 5.32 Å². The first-order valence-electron chi connectivity index (χ1n) is 10.1. The number of benzene rings is 3. The Labute approximate surface area is 192 Å². The lowest BCUT2D eigenvalue weighted by Crippen LogP contribution is -2.31. The van der Waals surface area contributed by atoms with Gasteiger partial charge in [-0.3, -0.25) is 9.10 Å². The standard InChI is InChI=1S/C24H25FN2O3S2/c1-4-27(32(29,30)23-15-13-22(31-3)14-16-23)21-11-7-19(8-12-21)24(28)26-17(2)18-5-9-20(25)10-6-18/h5-17H,4H2,1-3H3,(H,26,28)/t17-/m0/s1. The summed E-state index contributed by atoms with van der Waals surface area (Å²) >= 11 is 1.54. The molecule has 0 unspecified atom stereocenters. The number of halogens is 1. The van der Waals surface area contributed by atoms with Crippen molar-refractivity contribution in [3.8, 4) is 0 Å². The number of nitrogens with one attached hydrogen (secondary N) is 1. The minimum atomic E-state index is -3.73. The summed E-state index contributed by atoms with van der Waals surface area (Å²) in [6.45, 7) is 3.83. The number of carbonyl (C=O) groups excluding carboxylic acids is 1. The van der Waals surface area contributed by atoms with E-state index in [2.05, 4.69) is 5.32 Å². The van der Waals surface area contributed by atoms with Gasteiger partial charge in [0.15, 0.2) is 0 Å². The lowest BCUT2D eigenvalue weighted by atomic mass is 10.1. The number of rotatable bonds is 8. The fraction of sp³-hybridized carbons (Fsp3) is 0.208. The molecular formula is C24H25FN2O3S2. The fourth-order valence-corrected chi connectivity index (χ4v) is 5.14. The maximum absolute atomic E-state index is 13.1. The molecule has 3 aromatic carbocycles. The molecule has 0 aliphatic heterocycles. The highest BCUT2D eigenvalue weighted by Gasteiger charge is 2.24. The van der Waals surface area contributed by atoms with Crippen LogP contribution in [0.15, 0.2) is 82.6 Å². The predicted octanol–water partition coefficient (Wildman–Crippen LogP) is 5.25. The molecule has 1 atom stereocenters. The summed E-state index contributed by atoms with van der Waals surface area (Å²) in [5.74, 6) is -0.634. The molecule has 1 amide bonds. The third kappa shape index (κ3) is 5.31. The van der Waals surface area contributed by atoms with E-state index in [1.165, 1.54) is 16.4 Å². The molecule has 32 heavy (non-hydrogen) atoms. The molecule has 0 spiro atoms. The molecule has 0 fully saturated rings. The normalized spacial score (nSPS) is 12.2. The van der Waals surface area contributed by atoms with E-state index in [9.17, 15) is 17.6 Å². The molecule has 5 nitrogen and oxygen atoms in total. The summed E-state index contributed by atoms with van der Waals surface area (Å²) in [5.41, 5.74) is 1.66. The maximum Gasteiger partial charge on any atom is 0.264 e. The van der Waals surface area contributed by atoms with Crippen LogP contribution in [0, 0.1) is 5.82 Å². The number of anilines is 1. The lowest BCUT2D eigenvalue weighted by Gasteiger charge is -2.23. The van der Waals surface area contributed by atoms with Gasteiger partial charge in [-0.05, 0) is 86.3 Å². The highest BCUT2D eigenvalue weighted by molar-refractivity contribution is 7.98. The van der Waals surface area contributed by atoms with Crippen LogP contribution in [0.5, 0.6) is 0 Å². The van der Waals surface area contributed by atoms with Gasteiger partial charge in [0.1, 0.15) is 5.82 Å². The summed E-state index contributed by atoms with van der Waals surface area (Å²) in [6, 6.07) is 18.8. The first-order valence-corrected chi connectivity index (χ1v) is 12.8. The molecule has 0 saturated carbocycles. The Bertz CT molecular complexity index is 1160. The Hall–Kier alpha value is -2.84. The molecule has 3 aromatic rings. The SMILES string of the molecule is CCN(c1ccc(C(=O)N[C@@H](C)c2ccc(F)cc2)cc1)S(=O)(=O)c1ccc(SC)cc1. The van der Waals surface area contributed by atoms with Crippen LogP contribution in [0.1, 0.15) is 35.8 Å². The predicted molar refractivity (Wildman–Crippen MR) is 127 cm³/mol. The second-order valence-electron chi connectivity index (χ2n) is 7.14. The third-order valence-electron chi connectivity index (χ3n) is 5.07. The summed E-state index contributed by atoms with van der Waals surface area (Å²) in [5, 5.41) is 2.87. The zero-order valence-electron chi connectivity index (χ0n) is 18.1. The van der Waals surface area contributed by atoms with E-state index < -0.39 is 10.0 Å². The van der Waals surface area contributed by atoms with Gasteiger partial charge in [-0.2, -0.15) is 0 Å². The smallest absolute Gasteiger partial charge is 0.264 e. The van der Waals surface area contributed by atoms with Gasteiger partial charge in [-0.15, -0.1) is 11.8 Å². The van der Waals surface area contributed by atoms with Crippen molar-refractivity contribution in [3.05, 3.63) is 89.7 Å². The number of hydrogen-bond donors (Lipinski definition) is 1. The van der Waals surface area contributed by atoms with E-state index >= 15 is 0 Å². The van der Waals surface area contributed by atoms with Crippen molar-refractivity contribution in [2.75, 3.05) is 17.1 Å². The van der Waals surface area contributed by atoms with Gasteiger partial charge in [0.2, 0.25) is 0 Å². The van der Waals surface area contributed by atoms with Crippen molar-refractivity contribution in [1.29, 1.82) is 0 Å². The van der Waals surface area contributed by atoms with E-state index in [-0.39, 0.29) is 29.2 Å². The van der Waals surface area contributed by atoms with Crippen molar-refractivity contribution in [3.63, 3.8) is 0 Å². The van der Waals surface area contributed by atoms with Crippen molar-refractivity contribution < 1.29 is 17.6 Å². The number of nitrogens with zero attached hydrogens (tertiary/aromatic N) is 1. The van der Waals surface area contributed by atoms with E-state index in [0.29, 0.717) is 11.3 Å². The van der Waals surface area contributed by atoms with Crippen LogP contribution in [-0.2, 0) is 10.0 Å². The quantitative estimate of drug-likeness (QED) is 0.455. The number of sulfonamides is 1. The number of hydrogen-bond acceptors (Lipinski definition) is 4. The molecule has 0 aliphatic rings. The van der Waals surface area contributed by atoms with Crippen molar-refractivity contribution >= 4 is 33.4 Å². The zero-order valence-corrected chi connectivity index (χ0v) is 19.7. The molecule has 8 heteroatoms. The summed E-state index contributed by atoms with van der Waals surface area (Å²) in [6.07, 6.45) is 1.93. The van der Waals surface area contributed by atoms with Gasteiger partial charge in [0, 0.05) is 17.0 Å². The third-order valence-corrected chi connectivity index (χ3v) is 7.73. The molecular weight excluding hydrogens is 447 g/mol. The Morgan fingerprint density at radius 1 is 1.00 bits per heavy atom. The highest BCUT2D eigenvalue weighted by atomic mass is 32.2. The lowest BCUT2D eigenvalue weighted by molar-refractivity contribution is 0.0940. The van der Waals surface area contributed by atoms with Crippen LogP contribution in [0.4, 0.5) is 10.1 Å². The Kier molecular flexibility index (Phi) is 7.58. The first kappa shape index (κ1) is 23.8. The van der Waals surface area contributed by atoms with Gasteiger partial charge < -0.3 is 5.32 Å². The molecule has 168 valence electrons. The Morgan fingerprint density at radius 2 is 1.59 bits per heavy atom. The summed E-state index contributed by atoms with van der Waals surface area (Å²) in [7, 11) is -3.73. The van der Waals surface area contributed by atoms with E-state index in [1.807, 2.05) is 13.2 Å². The van der Waals surface area contributed by atoms with E-state index in [4.69, 9.17) is 0 Å². The second-order valence-corrected chi connectivity index (χ2v) is 9.88. The monoisotopic (exact) mass is 472 g/mol. The largest absolute Gasteiger partial charge is 0.346 e. The average molecular weight is 473 g/mol. The first-order chi connectivity index (χ1) is 15.3. The topological polar surface area (TPSA) is 66.5 Å². The van der Waals surface area contributed by atoms with E-state index in [1.54, 1.807) is 79.3 Å². The molecule has 0 radical (unpaired) electrons.